The van der Waals surface area contributed by atoms with Gasteiger partial charge >= 0.3 is 0 Å². The quantitative estimate of drug-likeness (QED) is 0.510. The molecule has 20 heavy (non-hydrogen) atoms. The molecule has 2 rings (SSSR count). The lowest BCUT2D eigenvalue weighted by Gasteiger charge is -2.08. The molecule has 104 valence electrons. The molecule has 0 fully saturated rings. The Morgan fingerprint density at radius 2 is 2.20 bits per heavy atom. The van der Waals surface area contributed by atoms with Gasteiger partial charge < -0.3 is 4.74 Å². The predicted octanol–water partition coefficient (Wildman–Crippen LogP) is 2.34. The molecule has 0 aliphatic rings. The van der Waals surface area contributed by atoms with Crippen molar-refractivity contribution in [1.82, 2.24) is 10.4 Å². The van der Waals surface area contributed by atoms with Gasteiger partial charge in [0.25, 0.3) is 5.91 Å². The fourth-order valence-electron chi connectivity index (χ4n) is 1.62. The van der Waals surface area contributed by atoms with Crippen LogP contribution in [0.25, 0.3) is 0 Å². The molecule has 1 heterocycles. The van der Waals surface area contributed by atoms with Gasteiger partial charge in [-0.3, -0.25) is 10.2 Å². The predicted molar refractivity (Wildman–Crippen MR) is 79.1 cm³/mol. The van der Waals surface area contributed by atoms with Crippen LogP contribution in [0, 0.1) is 6.92 Å². The summed E-state index contributed by atoms with van der Waals surface area (Å²) in [5, 5.41) is 0. The van der Waals surface area contributed by atoms with E-state index in [1.54, 1.807) is 18.2 Å². The Morgan fingerprint density at radius 1 is 1.40 bits per heavy atom. The van der Waals surface area contributed by atoms with Gasteiger partial charge in [0.1, 0.15) is 18.1 Å². The van der Waals surface area contributed by atoms with Crippen molar-refractivity contribution in [3.63, 3.8) is 0 Å². The van der Waals surface area contributed by atoms with E-state index >= 15 is 0 Å². The highest BCUT2D eigenvalue weighted by Crippen LogP contribution is 2.22. The summed E-state index contributed by atoms with van der Waals surface area (Å²) in [6, 6.07) is 10.8. The van der Waals surface area contributed by atoms with Crippen molar-refractivity contribution >= 4 is 21.8 Å². The van der Waals surface area contributed by atoms with Crippen molar-refractivity contribution in [3.05, 3.63) is 57.8 Å². The highest BCUT2D eigenvalue weighted by atomic mass is 79.9. The summed E-state index contributed by atoms with van der Waals surface area (Å²) in [6.45, 7) is 2.27. The summed E-state index contributed by atoms with van der Waals surface area (Å²) in [6.07, 6.45) is 0. The number of aromatic nitrogens is 1. The highest BCUT2D eigenvalue weighted by molar-refractivity contribution is 9.10. The number of ether oxygens (including phenoxy) is 1. The second kappa shape index (κ2) is 6.49. The standard InChI is InChI=1S/C14H14BrN3O2/c1-9-7-11(5-6-12(9)15)20-8-10-3-2-4-13(17-10)14(19)18-16/h2-7H,8,16H2,1H3,(H,18,19). The average Bonchev–Trinajstić information content (AvgIpc) is 2.48. The van der Waals surface area contributed by atoms with Gasteiger partial charge in [0.05, 0.1) is 5.69 Å². The lowest BCUT2D eigenvalue weighted by Crippen LogP contribution is -2.30. The van der Waals surface area contributed by atoms with Crippen molar-refractivity contribution in [3.8, 4) is 5.75 Å². The number of halogens is 1. The minimum Gasteiger partial charge on any atom is -0.487 e. The van der Waals surface area contributed by atoms with Crippen molar-refractivity contribution in [2.45, 2.75) is 13.5 Å². The molecule has 0 bridgehead atoms. The fourth-order valence-corrected chi connectivity index (χ4v) is 1.87. The number of amides is 1. The Kier molecular flexibility index (Phi) is 4.70. The monoisotopic (exact) mass is 335 g/mol. The molecule has 0 spiro atoms. The van der Waals surface area contributed by atoms with Crippen LogP contribution in [-0.4, -0.2) is 10.9 Å². The van der Waals surface area contributed by atoms with Crippen LogP contribution >= 0.6 is 15.9 Å². The number of nitrogens with zero attached hydrogens (tertiary/aromatic N) is 1. The Labute approximate surface area is 125 Å². The number of nitrogens with one attached hydrogen (secondary N) is 1. The molecule has 0 aliphatic carbocycles. The zero-order valence-electron chi connectivity index (χ0n) is 10.9. The first-order chi connectivity index (χ1) is 9.60. The summed E-state index contributed by atoms with van der Waals surface area (Å²) in [7, 11) is 0. The smallest absolute Gasteiger partial charge is 0.283 e. The first kappa shape index (κ1) is 14.5. The van der Waals surface area contributed by atoms with E-state index in [4.69, 9.17) is 10.6 Å². The van der Waals surface area contributed by atoms with Crippen LogP contribution in [0.5, 0.6) is 5.75 Å². The first-order valence-corrected chi connectivity index (χ1v) is 6.75. The topological polar surface area (TPSA) is 77.2 Å². The number of nitrogen functional groups attached to an aromatic ring is 1. The molecule has 0 unspecified atom stereocenters. The van der Waals surface area contributed by atoms with Crippen LogP contribution in [0.1, 0.15) is 21.7 Å². The average molecular weight is 336 g/mol. The SMILES string of the molecule is Cc1cc(OCc2cccc(C(=O)NN)n2)ccc1Br. The number of aryl methyl sites for hydroxylation is 1. The van der Waals surface area contributed by atoms with E-state index in [0.717, 1.165) is 15.8 Å². The van der Waals surface area contributed by atoms with Crippen LogP contribution in [0.2, 0.25) is 0 Å². The lowest BCUT2D eigenvalue weighted by molar-refractivity contribution is 0.0948. The first-order valence-electron chi connectivity index (χ1n) is 5.96. The fraction of sp³-hybridized carbons (Fsp3) is 0.143. The Balaban J connectivity index is 2.07. The third kappa shape index (κ3) is 3.55. The van der Waals surface area contributed by atoms with E-state index in [1.165, 1.54) is 0 Å². The molecule has 0 radical (unpaired) electrons. The molecule has 1 aromatic heterocycles. The molecule has 1 amide bonds. The number of hydrazine groups is 1. The van der Waals surface area contributed by atoms with Gasteiger partial charge in [-0.25, -0.2) is 10.8 Å². The Morgan fingerprint density at radius 3 is 2.90 bits per heavy atom. The largest absolute Gasteiger partial charge is 0.487 e. The molecule has 2 aromatic rings. The number of rotatable bonds is 4. The molecular weight excluding hydrogens is 322 g/mol. The van der Waals surface area contributed by atoms with Crippen molar-refractivity contribution in [1.29, 1.82) is 0 Å². The summed E-state index contributed by atoms with van der Waals surface area (Å²) < 4.78 is 6.68. The maximum atomic E-state index is 11.4. The molecular formula is C14H14BrN3O2. The maximum Gasteiger partial charge on any atom is 0.283 e. The van der Waals surface area contributed by atoms with Gasteiger partial charge in [-0.1, -0.05) is 22.0 Å². The number of hydrogen-bond donors (Lipinski definition) is 2. The van der Waals surface area contributed by atoms with Crippen LogP contribution < -0.4 is 16.0 Å². The number of pyridine rings is 1. The van der Waals surface area contributed by atoms with Gasteiger partial charge in [-0.05, 0) is 42.8 Å². The number of carbonyl (C=O) groups is 1. The van der Waals surface area contributed by atoms with Crippen LogP contribution in [-0.2, 0) is 6.61 Å². The molecule has 0 saturated heterocycles. The molecule has 6 heteroatoms. The number of carbonyl (C=O) groups excluding carboxylic acids is 1. The normalized spacial score (nSPS) is 10.2. The Bertz CT molecular complexity index is 632. The summed E-state index contributed by atoms with van der Waals surface area (Å²) in [4.78, 5) is 15.5. The zero-order chi connectivity index (χ0) is 14.5. The van der Waals surface area contributed by atoms with E-state index in [9.17, 15) is 4.79 Å². The molecule has 0 aliphatic heterocycles. The highest BCUT2D eigenvalue weighted by Gasteiger charge is 2.06. The molecule has 1 aromatic carbocycles. The molecule has 5 nitrogen and oxygen atoms in total. The maximum absolute atomic E-state index is 11.4. The summed E-state index contributed by atoms with van der Waals surface area (Å²) in [5.74, 6) is 5.40. The van der Waals surface area contributed by atoms with E-state index < -0.39 is 5.91 Å². The number of benzene rings is 1. The van der Waals surface area contributed by atoms with E-state index in [1.807, 2.05) is 30.5 Å². The number of hydrogen-bond acceptors (Lipinski definition) is 4. The number of nitrogens with two attached hydrogens (primary N) is 1. The third-order valence-electron chi connectivity index (χ3n) is 2.69. The van der Waals surface area contributed by atoms with E-state index in [0.29, 0.717) is 5.69 Å². The van der Waals surface area contributed by atoms with Crippen LogP contribution in [0.3, 0.4) is 0 Å². The van der Waals surface area contributed by atoms with Crippen LogP contribution in [0.15, 0.2) is 40.9 Å². The van der Waals surface area contributed by atoms with Crippen molar-refractivity contribution < 1.29 is 9.53 Å². The van der Waals surface area contributed by atoms with Crippen LogP contribution in [0.4, 0.5) is 0 Å². The van der Waals surface area contributed by atoms with E-state index in [2.05, 4.69) is 20.9 Å². The van der Waals surface area contributed by atoms with Crippen molar-refractivity contribution in [2.75, 3.05) is 0 Å². The van der Waals surface area contributed by atoms with Crippen molar-refractivity contribution in [2.24, 2.45) is 5.84 Å². The molecule has 0 saturated carbocycles. The van der Waals surface area contributed by atoms with Gasteiger partial charge in [0, 0.05) is 4.47 Å². The van der Waals surface area contributed by atoms with Gasteiger partial charge in [0.2, 0.25) is 0 Å². The molecule has 0 atom stereocenters. The lowest BCUT2D eigenvalue weighted by atomic mass is 10.2. The van der Waals surface area contributed by atoms with Gasteiger partial charge in [-0.15, -0.1) is 0 Å². The zero-order valence-corrected chi connectivity index (χ0v) is 12.5. The second-order valence-corrected chi connectivity index (χ2v) is 5.04. The third-order valence-corrected chi connectivity index (χ3v) is 3.58. The summed E-state index contributed by atoms with van der Waals surface area (Å²) in [5.41, 5.74) is 4.06. The second-order valence-electron chi connectivity index (χ2n) is 4.19. The Hall–Kier alpha value is -1.92. The van der Waals surface area contributed by atoms with Gasteiger partial charge in [0.15, 0.2) is 0 Å². The summed E-state index contributed by atoms with van der Waals surface area (Å²) >= 11 is 3.43. The minimum absolute atomic E-state index is 0.264. The molecule has 3 N–H and O–H groups in total. The van der Waals surface area contributed by atoms with E-state index in [-0.39, 0.29) is 12.3 Å². The minimum atomic E-state index is -0.425. The van der Waals surface area contributed by atoms with Gasteiger partial charge in [-0.2, -0.15) is 0 Å².